The fourth-order valence-electron chi connectivity index (χ4n) is 2.45. The minimum Gasteiger partial charge on any atom is -0.478 e. The maximum atomic E-state index is 12.3. The third kappa shape index (κ3) is 6.14. The first-order chi connectivity index (χ1) is 12.9. The van der Waals surface area contributed by atoms with Crippen LogP contribution in [-0.4, -0.2) is 42.0 Å². The quantitative estimate of drug-likeness (QED) is 0.698. The molecule has 0 saturated heterocycles. The molecular formula is C20H23N3O4. The number of nitrogens with zero attached hydrogens (tertiary/aromatic N) is 1. The van der Waals surface area contributed by atoms with Crippen LogP contribution in [0.3, 0.4) is 0 Å². The van der Waals surface area contributed by atoms with E-state index in [-0.39, 0.29) is 24.4 Å². The second kappa shape index (κ2) is 9.38. The van der Waals surface area contributed by atoms with E-state index in [1.54, 1.807) is 26.2 Å². The molecule has 0 saturated carbocycles. The highest BCUT2D eigenvalue weighted by Crippen LogP contribution is 2.17. The van der Waals surface area contributed by atoms with Crippen molar-refractivity contribution in [2.45, 2.75) is 19.0 Å². The van der Waals surface area contributed by atoms with Gasteiger partial charge in [0.15, 0.2) is 0 Å². The van der Waals surface area contributed by atoms with Crippen molar-refractivity contribution in [3.05, 3.63) is 71.3 Å². The first-order valence-electron chi connectivity index (χ1n) is 8.48. The fourth-order valence-corrected chi connectivity index (χ4v) is 2.45. The number of amides is 3. The maximum absolute atomic E-state index is 12.3. The molecule has 0 aliphatic heterocycles. The number of carbonyl (C=O) groups excluding carboxylic acids is 2. The monoisotopic (exact) mass is 369 g/mol. The van der Waals surface area contributed by atoms with Gasteiger partial charge in [-0.1, -0.05) is 42.5 Å². The van der Waals surface area contributed by atoms with Crippen molar-refractivity contribution in [3.63, 3.8) is 0 Å². The van der Waals surface area contributed by atoms with Crippen LogP contribution in [0.2, 0.25) is 0 Å². The van der Waals surface area contributed by atoms with Crippen LogP contribution in [0.15, 0.2) is 54.6 Å². The van der Waals surface area contributed by atoms with E-state index in [0.29, 0.717) is 0 Å². The number of carboxylic acids is 1. The van der Waals surface area contributed by atoms with Gasteiger partial charge in [0.05, 0.1) is 18.0 Å². The van der Waals surface area contributed by atoms with E-state index in [2.05, 4.69) is 10.6 Å². The van der Waals surface area contributed by atoms with E-state index in [4.69, 9.17) is 5.11 Å². The van der Waals surface area contributed by atoms with Crippen LogP contribution in [0, 0.1) is 0 Å². The van der Waals surface area contributed by atoms with Crippen LogP contribution < -0.4 is 10.6 Å². The van der Waals surface area contributed by atoms with Gasteiger partial charge in [0.1, 0.15) is 0 Å². The Labute approximate surface area is 158 Å². The summed E-state index contributed by atoms with van der Waals surface area (Å²) >= 11 is 0. The second-order valence-electron chi connectivity index (χ2n) is 6.28. The summed E-state index contributed by atoms with van der Waals surface area (Å²) < 4.78 is 0. The first kappa shape index (κ1) is 20.0. The Balaban J connectivity index is 1.98. The lowest BCUT2D eigenvalue weighted by Gasteiger charge is -2.21. The molecular weight excluding hydrogens is 346 g/mol. The number of benzene rings is 2. The maximum Gasteiger partial charge on any atom is 0.335 e. The van der Waals surface area contributed by atoms with Crippen molar-refractivity contribution in [3.8, 4) is 0 Å². The van der Waals surface area contributed by atoms with Crippen LogP contribution in [-0.2, 0) is 11.3 Å². The summed E-state index contributed by atoms with van der Waals surface area (Å²) in [5.74, 6) is -1.09. The summed E-state index contributed by atoms with van der Waals surface area (Å²) in [6.45, 7) is 0.245. The van der Waals surface area contributed by atoms with Crippen molar-refractivity contribution in [2.24, 2.45) is 0 Å². The molecule has 142 valence electrons. The molecule has 0 radical (unpaired) electrons. The highest BCUT2D eigenvalue weighted by molar-refractivity contribution is 5.87. The Morgan fingerprint density at radius 1 is 1.00 bits per heavy atom. The second-order valence-corrected chi connectivity index (χ2v) is 6.28. The standard InChI is InChI=1S/C20H23N3O4/c1-23(2)18(24)12-17(15-6-4-3-5-7-15)22-20(27)21-13-14-8-10-16(11-9-14)19(25)26/h3-11,17H,12-13H2,1-2H3,(H,25,26)(H2,21,22,27). The number of nitrogens with one attached hydrogen (secondary N) is 2. The van der Waals surface area contributed by atoms with Crippen LogP contribution in [0.1, 0.15) is 33.9 Å². The number of hydrogen-bond acceptors (Lipinski definition) is 3. The van der Waals surface area contributed by atoms with Gasteiger partial charge in [0, 0.05) is 20.6 Å². The summed E-state index contributed by atoms with van der Waals surface area (Å²) in [5.41, 5.74) is 1.80. The molecule has 0 aliphatic rings. The topological polar surface area (TPSA) is 98.7 Å². The van der Waals surface area contributed by atoms with Gasteiger partial charge >= 0.3 is 12.0 Å². The highest BCUT2D eigenvalue weighted by Gasteiger charge is 2.19. The SMILES string of the molecule is CN(C)C(=O)CC(NC(=O)NCc1ccc(C(=O)O)cc1)c1ccccc1. The van der Waals surface area contributed by atoms with Crippen LogP contribution in [0.5, 0.6) is 0 Å². The summed E-state index contributed by atoms with van der Waals surface area (Å²) in [7, 11) is 3.34. The van der Waals surface area contributed by atoms with Crippen molar-refractivity contribution >= 4 is 17.9 Å². The summed E-state index contributed by atoms with van der Waals surface area (Å²) in [6.07, 6.45) is 0.151. The Morgan fingerprint density at radius 2 is 1.63 bits per heavy atom. The van der Waals surface area contributed by atoms with E-state index in [1.165, 1.54) is 17.0 Å². The van der Waals surface area contributed by atoms with Gasteiger partial charge in [0.25, 0.3) is 0 Å². The van der Waals surface area contributed by atoms with Gasteiger partial charge in [-0.3, -0.25) is 4.79 Å². The minimum absolute atomic E-state index is 0.0894. The molecule has 0 aromatic heterocycles. The predicted octanol–water partition coefficient (Wildman–Crippen LogP) is 2.40. The molecule has 27 heavy (non-hydrogen) atoms. The van der Waals surface area contributed by atoms with E-state index in [0.717, 1.165) is 11.1 Å². The molecule has 2 aromatic carbocycles. The molecule has 0 bridgehead atoms. The molecule has 0 spiro atoms. The zero-order valence-corrected chi connectivity index (χ0v) is 15.3. The summed E-state index contributed by atoms with van der Waals surface area (Å²) in [4.78, 5) is 36.7. The van der Waals surface area contributed by atoms with Gasteiger partial charge in [-0.2, -0.15) is 0 Å². The molecule has 7 heteroatoms. The molecule has 3 N–H and O–H groups in total. The van der Waals surface area contributed by atoms with Crippen LogP contribution >= 0.6 is 0 Å². The van der Waals surface area contributed by atoms with Gasteiger partial charge in [-0.25, -0.2) is 9.59 Å². The lowest BCUT2D eigenvalue weighted by Crippen LogP contribution is -2.39. The van der Waals surface area contributed by atoms with E-state index < -0.39 is 18.0 Å². The van der Waals surface area contributed by atoms with Gasteiger partial charge in [-0.15, -0.1) is 0 Å². The summed E-state index contributed by atoms with van der Waals surface area (Å²) in [6, 6.07) is 14.7. The van der Waals surface area contributed by atoms with Crippen molar-refractivity contribution < 1.29 is 19.5 Å². The number of hydrogen-bond donors (Lipinski definition) is 3. The predicted molar refractivity (Wildman–Crippen MR) is 101 cm³/mol. The highest BCUT2D eigenvalue weighted by atomic mass is 16.4. The normalized spacial score (nSPS) is 11.3. The molecule has 1 atom stereocenters. The molecule has 2 rings (SSSR count). The Bertz CT molecular complexity index is 789. The van der Waals surface area contributed by atoms with E-state index >= 15 is 0 Å². The Morgan fingerprint density at radius 3 is 2.19 bits per heavy atom. The molecule has 0 aliphatic carbocycles. The average molecular weight is 369 g/mol. The molecule has 7 nitrogen and oxygen atoms in total. The Kier molecular flexibility index (Phi) is 6.93. The third-order valence-electron chi connectivity index (χ3n) is 4.04. The van der Waals surface area contributed by atoms with E-state index in [1.807, 2.05) is 30.3 Å². The van der Waals surface area contributed by atoms with Gasteiger partial charge in [-0.05, 0) is 23.3 Å². The molecule has 1 unspecified atom stereocenters. The van der Waals surface area contributed by atoms with E-state index in [9.17, 15) is 14.4 Å². The van der Waals surface area contributed by atoms with Crippen molar-refractivity contribution in [1.82, 2.24) is 15.5 Å². The third-order valence-corrected chi connectivity index (χ3v) is 4.04. The number of carboxylic acid groups (broad SMARTS) is 1. The summed E-state index contributed by atoms with van der Waals surface area (Å²) in [5, 5.41) is 14.5. The molecule has 0 fully saturated rings. The molecule has 2 aromatic rings. The smallest absolute Gasteiger partial charge is 0.335 e. The molecule has 0 heterocycles. The zero-order chi connectivity index (χ0) is 19.8. The van der Waals surface area contributed by atoms with Crippen molar-refractivity contribution in [2.75, 3.05) is 14.1 Å². The lowest BCUT2D eigenvalue weighted by molar-refractivity contribution is -0.129. The number of aromatic carboxylic acids is 1. The van der Waals surface area contributed by atoms with Crippen LogP contribution in [0.4, 0.5) is 4.79 Å². The van der Waals surface area contributed by atoms with Crippen molar-refractivity contribution in [1.29, 1.82) is 0 Å². The molecule has 3 amide bonds. The number of urea groups is 1. The van der Waals surface area contributed by atoms with Crippen LogP contribution in [0.25, 0.3) is 0 Å². The number of rotatable bonds is 7. The van der Waals surface area contributed by atoms with Gasteiger partial charge < -0.3 is 20.6 Å². The Hall–Kier alpha value is -3.35. The minimum atomic E-state index is -0.997. The number of carbonyl (C=O) groups is 3. The first-order valence-corrected chi connectivity index (χ1v) is 8.48. The zero-order valence-electron chi connectivity index (χ0n) is 15.3. The van der Waals surface area contributed by atoms with Gasteiger partial charge in [0.2, 0.25) is 5.91 Å². The largest absolute Gasteiger partial charge is 0.478 e. The average Bonchev–Trinajstić information content (AvgIpc) is 2.66. The lowest BCUT2D eigenvalue weighted by atomic mass is 10.0. The fraction of sp³-hybridized carbons (Fsp3) is 0.250.